The Morgan fingerprint density at radius 3 is 2.94 bits per heavy atom. The molecule has 1 aliphatic heterocycles. The lowest BCUT2D eigenvalue weighted by atomic mass is 10.1. The number of carbonyl (C=O) groups is 1. The number of nitrogens with zero attached hydrogens (tertiary/aromatic N) is 1. The van der Waals surface area contributed by atoms with Gasteiger partial charge >= 0.3 is 6.03 Å². The van der Waals surface area contributed by atoms with Crippen LogP contribution in [0.15, 0.2) is 18.2 Å². The number of hydrogen-bond acceptors (Lipinski definition) is 2. The quantitative estimate of drug-likeness (QED) is 0.879. The van der Waals surface area contributed by atoms with Gasteiger partial charge in [0.1, 0.15) is 0 Å². The average Bonchev–Trinajstić information content (AvgIpc) is 2.82. The smallest absolute Gasteiger partial charge is 0.321 e. The van der Waals surface area contributed by atoms with E-state index in [4.69, 9.17) is 28.3 Å². The molecule has 1 aliphatic rings. The van der Waals surface area contributed by atoms with E-state index < -0.39 is 0 Å². The molecule has 0 radical (unpaired) electrons. The van der Waals surface area contributed by atoms with Gasteiger partial charge in [-0.15, -0.1) is 0 Å². The molecule has 2 amide bonds. The zero-order valence-electron chi connectivity index (χ0n) is 9.70. The summed E-state index contributed by atoms with van der Waals surface area (Å²) in [5.74, 6) is 0.172. The molecular formula is C12H14Cl2N2O2. The molecule has 2 rings (SSSR count). The minimum atomic E-state index is -0.213. The molecule has 1 atom stereocenters. The zero-order chi connectivity index (χ0) is 13.1. The van der Waals surface area contributed by atoms with Crippen LogP contribution in [-0.2, 0) is 0 Å². The molecule has 1 aromatic rings. The molecule has 4 nitrogen and oxygen atoms in total. The number of rotatable bonds is 2. The minimum Gasteiger partial charge on any atom is -0.396 e. The van der Waals surface area contributed by atoms with E-state index in [0.29, 0.717) is 28.8 Å². The van der Waals surface area contributed by atoms with Gasteiger partial charge in [-0.25, -0.2) is 4.79 Å². The van der Waals surface area contributed by atoms with Crippen LogP contribution < -0.4 is 5.32 Å². The van der Waals surface area contributed by atoms with Gasteiger partial charge < -0.3 is 15.3 Å². The van der Waals surface area contributed by atoms with E-state index in [1.165, 1.54) is 0 Å². The van der Waals surface area contributed by atoms with Crippen molar-refractivity contribution in [1.29, 1.82) is 0 Å². The van der Waals surface area contributed by atoms with Crippen molar-refractivity contribution in [3.05, 3.63) is 28.2 Å². The maximum absolute atomic E-state index is 12.0. The maximum atomic E-state index is 12.0. The van der Waals surface area contributed by atoms with E-state index in [-0.39, 0.29) is 18.6 Å². The van der Waals surface area contributed by atoms with Crippen LogP contribution in [0.3, 0.4) is 0 Å². The van der Waals surface area contributed by atoms with Crippen molar-refractivity contribution >= 4 is 34.9 Å². The van der Waals surface area contributed by atoms with E-state index in [1.807, 2.05) is 0 Å². The number of amides is 2. The number of carbonyl (C=O) groups excluding carboxylic acids is 1. The Kier molecular flexibility index (Phi) is 4.32. The summed E-state index contributed by atoms with van der Waals surface area (Å²) in [6, 6.07) is 4.70. The van der Waals surface area contributed by atoms with Crippen LogP contribution in [0.4, 0.5) is 10.5 Å². The lowest BCUT2D eigenvalue weighted by molar-refractivity contribution is 0.209. The van der Waals surface area contributed by atoms with Gasteiger partial charge in [-0.3, -0.25) is 0 Å². The molecule has 1 heterocycles. The summed E-state index contributed by atoms with van der Waals surface area (Å²) >= 11 is 11.8. The number of halogens is 2. The third kappa shape index (κ3) is 3.07. The highest BCUT2D eigenvalue weighted by Gasteiger charge is 2.25. The third-order valence-electron chi connectivity index (χ3n) is 3.00. The number of urea groups is 1. The number of benzene rings is 1. The van der Waals surface area contributed by atoms with Crippen molar-refractivity contribution < 1.29 is 9.90 Å². The first-order valence-electron chi connectivity index (χ1n) is 5.72. The third-order valence-corrected chi connectivity index (χ3v) is 3.57. The van der Waals surface area contributed by atoms with Gasteiger partial charge in [0.25, 0.3) is 0 Å². The highest BCUT2D eigenvalue weighted by atomic mass is 35.5. The summed E-state index contributed by atoms with van der Waals surface area (Å²) in [7, 11) is 0. The summed E-state index contributed by atoms with van der Waals surface area (Å²) in [6.45, 7) is 1.33. The van der Waals surface area contributed by atoms with Crippen LogP contribution in [0, 0.1) is 5.92 Å². The lowest BCUT2D eigenvalue weighted by Crippen LogP contribution is -2.33. The molecule has 1 saturated heterocycles. The zero-order valence-corrected chi connectivity index (χ0v) is 11.2. The summed E-state index contributed by atoms with van der Waals surface area (Å²) in [6.07, 6.45) is 0.827. The van der Waals surface area contributed by atoms with Gasteiger partial charge in [0.2, 0.25) is 0 Å². The standard InChI is InChI=1S/C12H14Cl2N2O2/c13-9-1-2-10(14)11(5-9)15-12(18)16-4-3-8(6-16)7-17/h1-2,5,8,17H,3-4,6-7H2,(H,15,18). The molecule has 1 aromatic carbocycles. The number of nitrogens with one attached hydrogen (secondary N) is 1. The second-order valence-corrected chi connectivity index (χ2v) is 5.18. The topological polar surface area (TPSA) is 52.6 Å². The fourth-order valence-corrected chi connectivity index (χ4v) is 2.29. The molecule has 0 spiro atoms. The van der Waals surface area contributed by atoms with E-state index >= 15 is 0 Å². The first kappa shape index (κ1) is 13.5. The van der Waals surface area contributed by atoms with Crippen molar-refractivity contribution in [3.63, 3.8) is 0 Å². The highest BCUT2D eigenvalue weighted by molar-refractivity contribution is 6.35. The predicted molar refractivity (Wildman–Crippen MR) is 72.2 cm³/mol. The Bertz CT molecular complexity index is 454. The maximum Gasteiger partial charge on any atom is 0.321 e. The largest absolute Gasteiger partial charge is 0.396 e. The summed E-state index contributed by atoms with van der Waals surface area (Å²) < 4.78 is 0. The van der Waals surface area contributed by atoms with Crippen LogP contribution in [0.25, 0.3) is 0 Å². The number of hydrogen-bond donors (Lipinski definition) is 2. The molecule has 0 aliphatic carbocycles. The molecule has 1 fully saturated rings. The van der Waals surface area contributed by atoms with Gasteiger partial charge in [0, 0.05) is 30.6 Å². The van der Waals surface area contributed by atoms with Crippen molar-refractivity contribution in [2.75, 3.05) is 25.0 Å². The van der Waals surface area contributed by atoms with E-state index in [0.717, 1.165) is 6.42 Å². The predicted octanol–water partition coefficient (Wildman–Crippen LogP) is 2.84. The number of likely N-dealkylation sites (tertiary alicyclic amines) is 1. The molecule has 0 aromatic heterocycles. The van der Waals surface area contributed by atoms with Gasteiger partial charge in [0.05, 0.1) is 10.7 Å². The van der Waals surface area contributed by atoms with Gasteiger partial charge in [-0.1, -0.05) is 23.2 Å². The Morgan fingerprint density at radius 1 is 1.50 bits per heavy atom. The molecular weight excluding hydrogens is 275 g/mol. The van der Waals surface area contributed by atoms with Gasteiger partial charge in [-0.05, 0) is 24.6 Å². The van der Waals surface area contributed by atoms with Crippen LogP contribution >= 0.6 is 23.2 Å². The Balaban J connectivity index is 2.01. The van der Waals surface area contributed by atoms with Crippen LogP contribution in [0.2, 0.25) is 10.0 Å². The number of aliphatic hydroxyl groups excluding tert-OH is 1. The summed E-state index contributed by atoms with van der Waals surface area (Å²) in [5, 5.41) is 12.7. The molecule has 98 valence electrons. The first-order chi connectivity index (χ1) is 8.60. The van der Waals surface area contributed by atoms with Crippen molar-refractivity contribution in [3.8, 4) is 0 Å². The number of aliphatic hydroxyl groups is 1. The van der Waals surface area contributed by atoms with E-state index in [2.05, 4.69) is 5.32 Å². The van der Waals surface area contributed by atoms with Crippen molar-refractivity contribution in [1.82, 2.24) is 4.90 Å². The monoisotopic (exact) mass is 288 g/mol. The van der Waals surface area contributed by atoms with Crippen LogP contribution in [-0.4, -0.2) is 35.7 Å². The van der Waals surface area contributed by atoms with Gasteiger partial charge in [-0.2, -0.15) is 0 Å². The fraction of sp³-hybridized carbons (Fsp3) is 0.417. The molecule has 0 saturated carbocycles. The lowest BCUT2D eigenvalue weighted by Gasteiger charge is -2.17. The van der Waals surface area contributed by atoms with Crippen LogP contribution in [0.5, 0.6) is 0 Å². The molecule has 1 unspecified atom stereocenters. The minimum absolute atomic E-state index is 0.113. The molecule has 0 bridgehead atoms. The first-order valence-corrected chi connectivity index (χ1v) is 6.47. The molecule has 6 heteroatoms. The molecule has 18 heavy (non-hydrogen) atoms. The average molecular weight is 289 g/mol. The summed E-state index contributed by atoms with van der Waals surface area (Å²) in [4.78, 5) is 13.6. The Labute approximate surface area is 115 Å². The van der Waals surface area contributed by atoms with Crippen LogP contribution in [0.1, 0.15) is 6.42 Å². The highest BCUT2D eigenvalue weighted by Crippen LogP contribution is 2.26. The SMILES string of the molecule is O=C(Nc1cc(Cl)ccc1Cl)N1CCC(CO)C1. The van der Waals surface area contributed by atoms with E-state index in [1.54, 1.807) is 23.1 Å². The van der Waals surface area contributed by atoms with Crippen molar-refractivity contribution in [2.24, 2.45) is 5.92 Å². The fourth-order valence-electron chi connectivity index (χ4n) is 1.95. The van der Waals surface area contributed by atoms with E-state index in [9.17, 15) is 4.79 Å². The number of anilines is 1. The normalized spacial score (nSPS) is 19.1. The Morgan fingerprint density at radius 2 is 2.28 bits per heavy atom. The second-order valence-electron chi connectivity index (χ2n) is 4.34. The molecule has 2 N–H and O–H groups in total. The Hall–Kier alpha value is -0.970. The second kappa shape index (κ2) is 5.78. The van der Waals surface area contributed by atoms with Crippen molar-refractivity contribution in [2.45, 2.75) is 6.42 Å². The summed E-state index contributed by atoms with van der Waals surface area (Å²) in [5.41, 5.74) is 0.501. The van der Waals surface area contributed by atoms with Gasteiger partial charge in [0.15, 0.2) is 0 Å².